The fourth-order valence-corrected chi connectivity index (χ4v) is 3.42. The maximum atomic E-state index is 12.7. The molecule has 3 rings (SSSR count). The van der Waals surface area contributed by atoms with Crippen LogP contribution in [-0.4, -0.2) is 25.7 Å². The fraction of sp³-hybridized carbons (Fsp3) is 0.533. The predicted octanol–water partition coefficient (Wildman–Crippen LogP) is 2.39. The molecule has 0 atom stereocenters. The van der Waals surface area contributed by atoms with Crippen molar-refractivity contribution in [3.8, 4) is 0 Å². The number of nitrogens with one attached hydrogen (secondary N) is 1. The molecule has 0 radical (unpaired) electrons. The van der Waals surface area contributed by atoms with Crippen molar-refractivity contribution in [3.63, 3.8) is 0 Å². The summed E-state index contributed by atoms with van der Waals surface area (Å²) in [6, 6.07) is 0. The van der Waals surface area contributed by atoms with Gasteiger partial charge in [0.15, 0.2) is 5.65 Å². The first-order valence-electron chi connectivity index (χ1n) is 7.36. The van der Waals surface area contributed by atoms with E-state index in [9.17, 15) is 14.7 Å². The first-order valence-corrected chi connectivity index (χ1v) is 7.36. The number of carboxylic acid groups (broad SMARTS) is 1. The van der Waals surface area contributed by atoms with E-state index in [4.69, 9.17) is 0 Å². The highest BCUT2D eigenvalue weighted by atomic mass is 16.4. The van der Waals surface area contributed by atoms with Gasteiger partial charge in [-0.05, 0) is 32.6 Å². The molecule has 0 aliphatic heterocycles. The van der Waals surface area contributed by atoms with Crippen molar-refractivity contribution < 1.29 is 9.90 Å². The van der Waals surface area contributed by atoms with E-state index in [0.29, 0.717) is 11.4 Å². The Bertz CT molecular complexity index is 767. The molecule has 1 aliphatic rings. The summed E-state index contributed by atoms with van der Waals surface area (Å²) in [6.07, 6.45) is 5.51. The maximum Gasteiger partial charge on any atom is 0.341 e. The summed E-state index contributed by atoms with van der Waals surface area (Å²) in [5, 5.41) is 12.1. The molecular weight excluding hydrogens is 270 g/mol. The molecule has 6 nitrogen and oxygen atoms in total. The van der Waals surface area contributed by atoms with Crippen LogP contribution in [0.15, 0.2) is 4.79 Å². The predicted molar refractivity (Wildman–Crippen MR) is 78.1 cm³/mol. The zero-order valence-electron chi connectivity index (χ0n) is 12.3. The van der Waals surface area contributed by atoms with Crippen molar-refractivity contribution in [2.75, 3.05) is 0 Å². The molecule has 0 aromatic carbocycles. The molecule has 6 heteroatoms. The first kappa shape index (κ1) is 13.9. The van der Waals surface area contributed by atoms with Gasteiger partial charge in [-0.15, -0.1) is 0 Å². The Morgan fingerprint density at radius 1 is 1.29 bits per heavy atom. The average Bonchev–Trinajstić information content (AvgIpc) is 2.76. The fourth-order valence-electron chi connectivity index (χ4n) is 3.42. The molecule has 2 aromatic rings. The second kappa shape index (κ2) is 5.02. The molecule has 1 fully saturated rings. The summed E-state index contributed by atoms with van der Waals surface area (Å²) >= 11 is 0. The normalized spacial score (nSPS) is 16.5. The van der Waals surface area contributed by atoms with E-state index < -0.39 is 5.97 Å². The van der Waals surface area contributed by atoms with Crippen molar-refractivity contribution in [2.24, 2.45) is 0 Å². The first-order chi connectivity index (χ1) is 10.0. The minimum absolute atomic E-state index is 0.0744. The van der Waals surface area contributed by atoms with Gasteiger partial charge in [-0.25, -0.2) is 14.3 Å². The number of hydrogen-bond donors (Lipinski definition) is 2. The zero-order chi connectivity index (χ0) is 15.1. The van der Waals surface area contributed by atoms with E-state index in [0.717, 1.165) is 31.2 Å². The molecule has 1 saturated carbocycles. The topological polar surface area (TPSA) is 87.5 Å². The van der Waals surface area contributed by atoms with Gasteiger partial charge < -0.3 is 5.11 Å². The van der Waals surface area contributed by atoms with Crippen LogP contribution in [0.4, 0.5) is 0 Å². The minimum atomic E-state index is -1.07. The Morgan fingerprint density at radius 2 is 1.95 bits per heavy atom. The number of hydrogen-bond acceptors (Lipinski definition) is 3. The van der Waals surface area contributed by atoms with Crippen LogP contribution in [0.3, 0.4) is 0 Å². The van der Waals surface area contributed by atoms with Crippen molar-refractivity contribution in [1.82, 2.24) is 14.6 Å². The Kier molecular flexibility index (Phi) is 3.31. The Balaban J connectivity index is 2.25. The highest BCUT2D eigenvalue weighted by Crippen LogP contribution is 2.32. The highest BCUT2D eigenvalue weighted by molar-refractivity contribution is 5.95. The molecule has 1 aliphatic carbocycles. The summed E-state index contributed by atoms with van der Waals surface area (Å²) in [5.41, 5.74) is 1.98. The summed E-state index contributed by atoms with van der Waals surface area (Å²) in [4.78, 5) is 28.5. The van der Waals surface area contributed by atoms with Gasteiger partial charge in [-0.1, -0.05) is 19.3 Å². The van der Waals surface area contributed by atoms with Gasteiger partial charge in [0.25, 0.3) is 5.56 Å². The lowest BCUT2D eigenvalue weighted by Gasteiger charge is -2.22. The lowest BCUT2D eigenvalue weighted by Crippen LogP contribution is -2.25. The number of H-pyrrole nitrogens is 1. The second-order valence-electron chi connectivity index (χ2n) is 5.83. The smallest absolute Gasteiger partial charge is 0.341 e. The number of aryl methyl sites for hydroxylation is 2. The van der Waals surface area contributed by atoms with Crippen LogP contribution in [0, 0.1) is 13.8 Å². The lowest BCUT2D eigenvalue weighted by molar-refractivity contribution is 0.0698. The standard InChI is InChI=1S/C15H19N3O3/c1-8-11(10-6-4-3-5-7-10)14(19)18-13(16-8)12(15(20)21)9(2)17-18/h10,17H,3-7H2,1-2H3,(H,20,21). The van der Waals surface area contributed by atoms with E-state index in [1.807, 2.05) is 0 Å². The van der Waals surface area contributed by atoms with Crippen LogP contribution in [0.1, 0.15) is 65.3 Å². The second-order valence-corrected chi connectivity index (χ2v) is 5.83. The number of aromatic carboxylic acids is 1. The zero-order valence-corrected chi connectivity index (χ0v) is 12.3. The third-order valence-electron chi connectivity index (χ3n) is 4.41. The lowest BCUT2D eigenvalue weighted by atomic mass is 9.84. The average molecular weight is 289 g/mol. The summed E-state index contributed by atoms with van der Waals surface area (Å²) < 4.78 is 1.29. The molecule has 2 aromatic heterocycles. The molecule has 0 unspecified atom stereocenters. The van der Waals surface area contributed by atoms with Crippen molar-refractivity contribution >= 4 is 11.6 Å². The maximum absolute atomic E-state index is 12.7. The van der Waals surface area contributed by atoms with Gasteiger partial charge >= 0.3 is 5.97 Å². The third kappa shape index (κ3) is 2.14. The van der Waals surface area contributed by atoms with Gasteiger partial charge in [0.1, 0.15) is 5.56 Å². The number of carboxylic acids is 1. The van der Waals surface area contributed by atoms with E-state index in [2.05, 4.69) is 10.1 Å². The molecule has 2 N–H and O–H groups in total. The van der Waals surface area contributed by atoms with E-state index >= 15 is 0 Å². The highest BCUT2D eigenvalue weighted by Gasteiger charge is 2.25. The van der Waals surface area contributed by atoms with Crippen molar-refractivity contribution in [1.29, 1.82) is 0 Å². The van der Waals surface area contributed by atoms with Crippen LogP contribution in [0.25, 0.3) is 5.65 Å². The number of nitrogens with zero attached hydrogens (tertiary/aromatic N) is 2. The molecule has 112 valence electrons. The molecule has 0 amide bonds. The Hall–Kier alpha value is -2.11. The van der Waals surface area contributed by atoms with Crippen LogP contribution < -0.4 is 5.56 Å². The summed E-state index contributed by atoms with van der Waals surface area (Å²) in [6.45, 7) is 3.45. The SMILES string of the molecule is Cc1nc2c(C(=O)O)c(C)[nH]n2c(=O)c1C1CCCCC1. The number of rotatable bonds is 2. The van der Waals surface area contributed by atoms with E-state index in [-0.39, 0.29) is 22.7 Å². The molecule has 21 heavy (non-hydrogen) atoms. The van der Waals surface area contributed by atoms with Gasteiger partial charge in [-0.3, -0.25) is 9.89 Å². The largest absolute Gasteiger partial charge is 0.477 e. The summed E-state index contributed by atoms with van der Waals surface area (Å²) in [7, 11) is 0. The number of carbonyl (C=O) groups is 1. The van der Waals surface area contributed by atoms with Crippen molar-refractivity contribution in [3.05, 3.63) is 32.9 Å². The number of aromatic nitrogens is 3. The van der Waals surface area contributed by atoms with Gasteiger partial charge in [0.05, 0.1) is 0 Å². The van der Waals surface area contributed by atoms with E-state index in [1.165, 1.54) is 10.9 Å². The van der Waals surface area contributed by atoms with Crippen molar-refractivity contribution in [2.45, 2.75) is 51.9 Å². The minimum Gasteiger partial charge on any atom is -0.477 e. The van der Waals surface area contributed by atoms with Gasteiger partial charge in [0, 0.05) is 17.0 Å². The number of aromatic amines is 1. The van der Waals surface area contributed by atoms with E-state index in [1.54, 1.807) is 13.8 Å². The summed E-state index contributed by atoms with van der Waals surface area (Å²) in [5.74, 6) is -0.824. The molecule has 2 heterocycles. The molecular formula is C15H19N3O3. The molecule has 0 bridgehead atoms. The van der Waals surface area contributed by atoms with Gasteiger partial charge in [-0.2, -0.15) is 0 Å². The molecule has 0 saturated heterocycles. The third-order valence-corrected chi connectivity index (χ3v) is 4.41. The Morgan fingerprint density at radius 3 is 2.57 bits per heavy atom. The van der Waals surface area contributed by atoms with Crippen LogP contribution in [0.2, 0.25) is 0 Å². The van der Waals surface area contributed by atoms with Crippen LogP contribution >= 0.6 is 0 Å². The molecule has 0 spiro atoms. The van der Waals surface area contributed by atoms with Crippen LogP contribution in [0.5, 0.6) is 0 Å². The number of fused-ring (bicyclic) bond motifs is 1. The Labute approximate surface area is 121 Å². The van der Waals surface area contributed by atoms with Crippen LogP contribution in [-0.2, 0) is 0 Å². The monoisotopic (exact) mass is 289 g/mol. The van der Waals surface area contributed by atoms with Gasteiger partial charge in [0.2, 0.25) is 0 Å². The quantitative estimate of drug-likeness (QED) is 0.888.